The molecule has 36 heavy (non-hydrogen) atoms. The van der Waals surface area contributed by atoms with Crippen LogP contribution in [0.1, 0.15) is 18.4 Å². The summed E-state index contributed by atoms with van der Waals surface area (Å²) in [5.41, 5.74) is 10.0. The van der Waals surface area contributed by atoms with E-state index >= 15 is 0 Å². The van der Waals surface area contributed by atoms with Gasteiger partial charge in [0.25, 0.3) is 0 Å². The van der Waals surface area contributed by atoms with Crippen molar-refractivity contribution in [3.8, 4) is 11.3 Å². The molecular formula is C25H26F2N8O. The van der Waals surface area contributed by atoms with Crippen LogP contribution in [0.25, 0.3) is 22.4 Å². The van der Waals surface area contributed by atoms with Crippen LogP contribution in [0.4, 0.5) is 20.3 Å². The zero-order valence-corrected chi connectivity index (χ0v) is 19.6. The number of piperidine rings is 1. The average molecular weight is 493 g/mol. The summed E-state index contributed by atoms with van der Waals surface area (Å²) in [5.74, 6) is -1.48. The van der Waals surface area contributed by atoms with Gasteiger partial charge in [-0.15, -0.1) is 0 Å². The van der Waals surface area contributed by atoms with Crippen LogP contribution < -0.4 is 16.0 Å². The molecule has 1 spiro atoms. The lowest BCUT2D eigenvalue weighted by molar-refractivity contribution is 0.0205. The van der Waals surface area contributed by atoms with E-state index in [2.05, 4.69) is 30.2 Å². The van der Waals surface area contributed by atoms with E-state index in [9.17, 15) is 8.78 Å². The molecule has 3 aromatic heterocycles. The van der Waals surface area contributed by atoms with E-state index < -0.39 is 11.6 Å². The van der Waals surface area contributed by atoms with Gasteiger partial charge >= 0.3 is 0 Å². The van der Waals surface area contributed by atoms with Crippen LogP contribution in [0.2, 0.25) is 0 Å². The Morgan fingerprint density at radius 2 is 2.03 bits per heavy atom. The summed E-state index contributed by atoms with van der Waals surface area (Å²) in [6.45, 7) is 4.32. The number of aromatic nitrogens is 5. The highest BCUT2D eigenvalue weighted by Crippen LogP contribution is 2.32. The Hall–Kier alpha value is -3.70. The SMILES string of the molecule is Nc1ncnc2c1ncn2Cc1cc(-c2ccc(F)c(F)c2)ncc1N1CCCC2(COCCN2)C1. The fourth-order valence-corrected chi connectivity index (χ4v) is 5.22. The second-order valence-electron chi connectivity index (χ2n) is 9.42. The summed E-state index contributed by atoms with van der Waals surface area (Å²) < 4.78 is 35.3. The van der Waals surface area contributed by atoms with Crippen LogP contribution in [0.15, 0.2) is 43.1 Å². The first kappa shape index (κ1) is 22.7. The van der Waals surface area contributed by atoms with Crippen molar-refractivity contribution in [2.24, 2.45) is 0 Å². The second kappa shape index (κ2) is 9.07. The van der Waals surface area contributed by atoms with Crippen LogP contribution >= 0.6 is 0 Å². The number of fused-ring (bicyclic) bond motifs is 1. The fraction of sp³-hybridized carbons (Fsp3) is 0.360. The van der Waals surface area contributed by atoms with E-state index in [1.807, 2.05) is 16.8 Å². The van der Waals surface area contributed by atoms with Gasteiger partial charge in [0.1, 0.15) is 11.8 Å². The molecule has 0 saturated carbocycles. The highest BCUT2D eigenvalue weighted by Gasteiger charge is 2.37. The largest absolute Gasteiger partial charge is 0.382 e. The van der Waals surface area contributed by atoms with Crippen LogP contribution in [-0.4, -0.2) is 62.9 Å². The number of anilines is 2. The van der Waals surface area contributed by atoms with Gasteiger partial charge in [0.2, 0.25) is 0 Å². The molecule has 2 aliphatic rings. The predicted octanol–water partition coefficient (Wildman–Crippen LogP) is 2.76. The van der Waals surface area contributed by atoms with Crippen LogP contribution in [0, 0.1) is 11.6 Å². The van der Waals surface area contributed by atoms with Gasteiger partial charge in [-0.3, -0.25) is 4.98 Å². The maximum atomic E-state index is 14.0. The Bertz CT molecular complexity index is 1410. The predicted molar refractivity (Wildman–Crippen MR) is 131 cm³/mol. The zero-order chi connectivity index (χ0) is 24.7. The summed E-state index contributed by atoms with van der Waals surface area (Å²) in [7, 11) is 0. The highest BCUT2D eigenvalue weighted by molar-refractivity contribution is 5.81. The molecule has 0 radical (unpaired) electrons. The minimum atomic E-state index is -0.908. The number of hydrogen-bond donors (Lipinski definition) is 2. The Kier molecular flexibility index (Phi) is 5.73. The van der Waals surface area contributed by atoms with Gasteiger partial charge in [0.05, 0.1) is 49.2 Å². The van der Waals surface area contributed by atoms with E-state index in [4.69, 9.17) is 10.5 Å². The topological polar surface area (TPSA) is 107 Å². The first-order chi connectivity index (χ1) is 17.5. The number of halogens is 2. The molecule has 1 aromatic carbocycles. The first-order valence-corrected chi connectivity index (χ1v) is 11.9. The highest BCUT2D eigenvalue weighted by atomic mass is 19.2. The molecule has 6 rings (SSSR count). The molecule has 2 fully saturated rings. The van der Waals surface area contributed by atoms with Gasteiger partial charge in [-0.2, -0.15) is 0 Å². The monoisotopic (exact) mass is 492 g/mol. The van der Waals surface area contributed by atoms with E-state index in [1.54, 1.807) is 6.33 Å². The summed E-state index contributed by atoms with van der Waals surface area (Å²) in [6.07, 6.45) is 6.97. The number of nitrogens with zero attached hydrogens (tertiary/aromatic N) is 6. The van der Waals surface area contributed by atoms with E-state index in [-0.39, 0.29) is 5.54 Å². The van der Waals surface area contributed by atoms with Gasteiger partial charge < -0.3 is 25.3 Å². The quantitative estimate of drug-likeness (QED) is 0.448. The molecule has 0 amide bonds. The lowest BCUT2D eigenvalue weighted by Gasteiger charge is -2.46. The number of nitrogens with two attached hydrogens (primary N) is 1. The Morgan fingerprint density at radius 3 is 2.86 bits per heavy atom. The molecular weight excluding hydrogens is 466 g/mol. The Labute approximate surface area is 206 Å². The number of rotatable bonds is 4. The number of benzene rings is 1. The van der Waals surface area contributed by atoms with Gasteiger partial charge in [-0.05, 0) is 42.7 Å². The smallest absolute Gasteiger partial charge is 0.165 e. The molecule has 5 heterocycles. The third-order valence-electron chi connectivity index (χ3n) is 6.99. The molecule has 2 saturated heterocycles. The first-order valence-electron chi connectivity index (χ1n) is 11.9. The molecule has 1 unspecified atom stereocenters. The molecule has 0 bridgehead atoms. The minimum Gasteiger partial charge on any atom is -0.382 e. The van der Waals surface area contributed by atoms with Gasteiger partial charge in [0, 0.05) is 25.2 Å². The van der Waals surface area contributed by atoms with Crippen LogP contribution in [0.3, 0.4) is 0 Å². The lowest BCUT2D eigenvalue weighted by atomic mass is 9.88. The average Bonchev–Trinajstić information content (AvgIpc) is 3.30. The van der Waals surface area contributed by atoms with Crippen molar-refractivity contribution < 1.29 is 13.5 Å². The van der Waals surface area contributed by atoms with E-state index in [1.165, 1.54) is 18.5 Å². The second-order valence-corrected chi connectivity index (χ2v) is 9.42. The van der Waals surface area contributed by atoms with Crippen LogP contribution in [0.5, 0.6) is 0 Å². The molecule has 186 valence electrons. The molecule has 11 heteroatoms. The fourth-order valence-electron chi connectivity index (χ4n) is 5.22. The molecule has 3 N–H and O–H groups in total. The molecule has 0 aliphatic carbocycles. The van der Waals surface area contributed by atoms with Crippen molar-refractivity contribution in [1.29, 1.82) is 0 Å². The molecule has 1 atom stereocenters. The number of ether oxygens (including phenoxy) is 1. The van der Waals surface area contributed by atoms with E-state index in [0.717, 1.165) is 56.4 Å². The zero-order valence-electron chi connectivity index (χ0n) is 19.6. The molecule has 9 nitrogen and oxygen atoms in total. The van der Waals surface area contributed by atoms with Crippen molar-refractivity contribution in [2.75, 3.05) is 43.5 Å². The van der Waals surface area contributed by atoms with Crippen molar-refractivity contribution in [2.45, 2.75) is 24.9 Å². The van der Waals surface area contributed by atoms with Gasteiger partial charge in [-0.25, -0.2) is 23.7 Å². The third kappa shape index (κ3) is 4.14. The van der Waals surface area contributed by atoms with E-state index in [0.29, 0.717) is 41.4 Å². The summed E-state index contributed by atoms with van der Waals surface area (Å²) in [4.78, 5) is 19.8. The standard InChI is InChI=1S/C25H26F2N8O/c26-18-3-2-16(8-19(18)27)20-9-17(11-35-15-32-22-23(28)30-14-31-24(22)35)21(10-29-20)34-6-1-4-25(12-34)13-36-7-5-33-25/h2-3,8-10,14-15,33H,1,4-7,11-13H2,(H2,28,30,31). The number of hydrogen-bond acceptors (Lipinski definition) is 8. The lowest BCUT2D eigenvalue weighted by Crippen LogP contribution is -2.63. The summed E-state index contributed by atoms with van der Waals surface area (Å²) in [6, 6.07) is 5.74. The number of imidazole rings is 1. The number of nitrogen functional groups attached to an aromatic ring is 1. The van der Waals surface area contributed by atoms with Crippen molar-refractivity contribution in [3.05, 3.63) is 60.3 Å². The minimum absolute atomic E-state index is 0.101. The number of morpholine rings is 1. The molecule has 2 aliphatic heterocycles. The van der Waals surface area contributed by atoms with Gasteiger partial charge in [0.15, 0.2) is 23.1 Å². The van der Waals surface area contributed by atoms with Gasteiger partial charge in [-0.1, -0.05) is 0 Å². The maximum Gasteiger partial charge on any atom is 0.165 e. The Balaban J connectivity index is 1.41. The van der Waals surface area contributed by atoms with Crippen molar-refractivity contribution in [1.82, 2.24) is 29.8 Å². The Morgan fingerprint density at radius 1 is 1.11 bits per heavy atom. The van der Waals surface area contributed by atoms with Crippen molar-refractivity contribution in [3.63, 3.8) is 0 Å². The molecule has 4 aromatic rings. The van der Waals surface area contributed by atoms with Crippen LogP contribution in [-0.2, 0) is 11.3 Å². The number of pyridine rings is 1. The summed E-state index contributed by atoms with van der Waals surface area (Å²) >= 11 is 0. The summed E-state index contributed by atoms with van der Waals surface area (Å²) in [5, 5.41) is 3.67. The maximum absolute atomic E-state index is 14.0. The van der Waals surface area contributed by atoms with Crippen molar-refractivity contribution >= 4 is 22.7 Å². The third-order valence-corrected chi connectivity index (χ3v) is 6.99. The normalized spacial score (nSPS) is 20.3. The number of nitrogens with one attached hydrogen (secondary N) is 1.